The number of likely N-dealkylation sites (tertiary alicyclic amines) is 1. The number of anilines is 1. The van der Waals surface area contributed by atoms with Gasteiger partial charge in [0.15, 0.2) is 0 Å². The first-order valence-electron chi connectivity index (χ1n) is 8.33. The van der Waals surface area contributed by atoms with Crippen LogP contribution in [0.1, 0.15) is 45.9 Å². The van der Waals surface area contributed by atoms with Crippen molar-refractivity contribution in [1.29, 1.82) is 0 Å². The predicted molar refractivity (Wildman–Crippen MR) is 93.6 cm³/mol. The Bertz CT molecular complexity index is 768. The normalized spacial score (nSPS) is 20.1. The summed E-state index contributed by atoms with van der Waals surface area (Å²) >= 11 is 0. The van der Waals surface area contributed by atoms with E-state index in [1.165, 1.54) is 0 Å². The van der Waals surface area contributed by atoms with Gasteiger partial charge in [0.05, 0.1) is 17.8 Å². The molecule has 25 heavy (non-hydrogen) atoms. The molecule has 1 aliphatic rings. The zero-order chi connectivity index (χ0) is 18.1. The molecule has 1 saturated heterocycles. The van der Waals surface area contributed by atoms with E-state index in [9.17, 15) is 4.79 Å². The van der Waals surface area contributed by atoms with Gasteiger partial charge in [-0.15, -0.1) is 0 Å². The van der Waals surface area contributed by atoms with Crippen LogP contribution in [-0.4, -0.2) is 57.5 Å². The molecular weight excluding hydrogens is 320 g/mol. The molecule has 8 nitrogen and oxygen atoms in total. The number of aromatic nitrogens is 4. The maximum Gasteiger partial charge on any atom is 0.273 e. The lowest BCUT2D eigenvalue weighted by molar-refractivity contribution is 0.0678. The quantitative estimate of drug-likeness (QED) is 0.877. The number of imidazole rings is 1. The van der Waals surface area contributed by atoms with Gasteiger partial charge < -0.3 is 19.9 Å². The summed E-state index contributed by atoms with van der Waals surface area (Å²) in [5.74, 6) is 1.09. The number of rotatable bonds is 4. The molecule has 0 unspecified atom stereocenters. The first-order chi connectivity index (χ1) is 11.9. The molecule has 2 atom stereocenters. The lowest BCUT2D eigenvalue weighted by Gasteiger charge is -2.22. The van der Waals surface area contributed by atoms with Crippen molar-refractivity contribution in [3.05, 3.63) is 34.7 Å². The highest BCUT2D eigenvalue weighted by Crippen LogP contribution is 2.33. The summed E-state index contributed by atoms with van der Waals surface area (Å²) in [5, 5.41) is 2.89. The van der Waals surface area contributed by atoms with E-state index in [4.69, 9.17) is 4.74 Å². The summed E-state index contributed by atoms with van der Waals surface area (Å²) in [7, 11) is 3.40. The number of hydrogen-bond acceptors (Lipinski definition) is 6. The van der Waals surface area contributed by atoms with Gasteiger partial charge >= 0.3 is 0 Å². The number of aryl methyl sites for hydroxylation is 3. The van der Waals surface area contributed by atoms with Crippen molar-refractivity contribution in [2.75, 3.05) is 26.0 Å². The Hall–Kier alpha value is -2.48. The van der Waals surface area contributed by atoms with Crippen molar-refractivity contribution >= 4 is 11.9 Å². The topological polar surface area (TPSA) is 96.0 Å². The molecule has 2 aromatic heterocycles. The maximum atomic E-state index is 13.1. The molecule has 0 saturated carbocycles. The van der Waals surface area contributed by atoms with Gasteiger partial charge in [0.2, 0.25) is 5.95 Å². The third-order valence-corrected chi connectivity index (χ3v) is 4.62. The number of amides is 1. The Kier molecular flexibility index (Phi) is 4.71. The van der Waals surface area contributed by atoms with Gasteiger partial charge in [0, 0.05) is 38.5 Å². The minimum Gasteiger partial charge on any atom is -0.380 e. The largest absolute Gasteiger partial charge is 0.380 e. The third-order valence-electron chi connectivity index (χ3n) is 4.62. The van der Waals surface area contributed by atoms with Gasteiger partial charge in [0.1, 0.15) is 11.5 Å². The lowest BCUT2D eigenvalue weighted by atomic mass is 10.2. The fourth-order valence-corrected chi connectivity index (χ4v) is 3.12. The Morgan fingerprint density at radius 2 is 2.08 bits per heavy atom. The van der Waals surface area contributed by atoms with E-state index in [0.717, 1.165) is 22.9 Å². The van der Waals surface area contributed by atoms with E-state index >= 15 is 0 Å². The minimum absolute atomic E-state index is 0.0219. The van der Waals surface area contributed by atoms with E-state index in [1.54, 1.807) is 25.1 Å². The maximum absolute atomic E-state index is 13.1. The van der Waals surface area contributed by atoms with Crippen LogP contribution in [0.2, 0.25) is 0 Å². The van der Waals surface area contributed by atoms with E-state index < -0.39 is 0 Å². The van der Waals surface area contributed by atoms with Gasteiger partial charge in [-0.1, -0.05) is 0 Å². The summed E-state index contributed by atoms with van der Waals surface area (Å²) in [6, 6.07) is 1.55. The van der Waals surface area contributed by atoms with Crippen LogP contribution in [0.4, 0.5) is 5.95 Å². The van der Waals surface area contributed by atoms with Gasteiger partial charge in [-0.2, -0.15) is 0 Å². The smallest absolute Gasteiger partial charge is 0.273 e. The predicted octanol–water partition coefficient (Wildman–Crippen LogP) is 1.77. The molecule has 3 rings (SSSR count). The standard InChI is InChI=1S/C17H24N6O2/c1-9-6-13(22-17(18-4)19-9)16(24)23-8-12(25-5)7-14(23)15-20-10(2)11(3)21-15/h6,12,14H,7-8H2,1-5H3,(H,20,21)(H,18,19,22)/t12-,14+/m1/s1. The Labute approximate surface area is 147 Å². The molecule has 2 aromatic rings. The number of hydrogen-bond donors (Lipinski definition) is 2. The van der Waals surface area contributed by atoms with Crippen LogP contribution < -0.4 is 5.32 Å². The first kappa shape index (κ1) is 17.3. The second-order valence-corrected chi connectivity index (χ2v) is 6.37. The number of nitrogens with zero attached hydrogens (tertiary/aromatic N) is 4. The molecule has 0 radical (unpaired) electrons. The van der Waals surface area contributed by atoms with E-state index in [1.807, 2.05) is 20.8 Å². The Balaban J connectivity index is 1.94. The molecular formula is C17H24N6O2. The SMILES string of the molecule is CNc1nc(C)cc(C(=O)N2C[C@H](OC)C[C@H]2c2nc(C)c(C)[nH]2)n1. The van der Waals surface area contributed by atoms with Crippen LogP contribution in [0.3, 0.4) is 0 Å². The number of H-pyrrole nitrogens is 1. The van der Waals surface area contributed by atoms with Gasteiger partial charge in [-0.3, -0.25) is 4.79 Å². The van der Waals surface area contributed by atoms with E-state index in [2.05, 4.69) is 25.3 Å². The average Bonchev–Trinajstić information content (AvgIpc) is 3.17. The zero-order valence-corrected chi connectivity index (χ0v) is 15.3. The van der Waals surface area contributed by atoms with Gasteiger partial charge in [-0.25, -0.2) is 15.0 Å². The molecule has 2 N–H and O–H groups in total. The highest BCUT2D eigenvalue weighted by Gasteiger charge is 2.39. The van der Waals surface area contributed by atoms with E-state index in [0.29, 0.717) is 24.6 Å². The molecule has 8 heteroatoms. The average molecular weight is 344 g/mol. The summed E-state index contributed by atoms with van der Waals surface area (Å²) in [4.78, 5) is 31.3. The monoisotopic (exact) mass is 344 g/mol. The molecule has 0 aromatic carbocycles. The fourth-order valence-electron chi connectivity index (χ4n) is 3.12. The second kappa shape index (κ2) is 6.79. The molecule has 1 aliphatic heterocycles. The van der Waals surface area contributed by atoms with Crippen molar-refractivity contribution < 1.29 is 9.53 Å². The van der Waals surface area contributed by atoms with Crippen LogP contribution in [0, 0.1) is 20.8 Å². The molecule has 0 spiro atoms. The van der Waals surface area contributed by atoms with Crippen molar-refractivity contribution in [3.63, 3.8) is 0 Å². The number of carbonyl (C=O) groups excluding carboxylic acids is 1. The lowest BCUT2D eigenvalue weighted by Crippen LogP contribution is -2.33. The third kappa shape index (κ3) is 3.34. The number of nitrogens with one attached hydrogen (secondary N) is 2. The van der Waals surface area contributed by atoms with Crippen molar-refractivity contribution in [1.82, 2.24) is 24.8 Å². The van der Waals surface area contributed by atoms with Crippen molar-refractivity contribution in [2.45, 2.75) is 39.3 Å². The summed E-state index contributed by atoms with van der Waals surface area (Å²) < 4.78 is 5.50. The van der Waals surface area contributed by atoms with E-state index in [-0.39, 0.29) is 18.1 Å². The number of methoxy groups -OCH3 is 1. The molecule has 1 amide bonds. The van der Waals surface area contributed by atoms with Crippen LogP contribution in [0.5, 0.6) is 0 Å². The van der Waals surface area contributed by atoms with Crippen LogP contribution in [0.25, 0.3) is 0 Å². The van der Waals surface area contributed by atoms with Crippen LogP contribution in [-0.2, 0) is 4.74 Å². The Morgan fingerprint density at radius 1 is 1.32 bits per heavy atom. The van der Waals surface area contributed by atoms with Crippen LogP contribution in [0.15, 0.2) is 6.07 Å². The first-order valence-corrected chi connectivity index (χ1v) is 8.33. The molecule has 0 bridgehead atoms. The Morgan fingerprint density at radius 3 is 2.68 bits per heavy atom. The molecule has 0 aliphatic carbocycles. The number of ether oxygens (including phenoxy) is 1. The summed E-state index contributed by atoms with van der Waals surface area (Å²) in [6.07, 6.45) is 0.684. The van der Waals surface area contributed by atoms with Crippen LogP contribution >= 0.6 is 0 Å². The zero-order valence-electron chi connectivity index (χ0n) is 15.3. The van der Waals surface area contributed by atoms with Gasteiger partial charge in [-0.05, 0) is 26.8 Å². The second-order valence-electron chi connectivity index (χ2n) is 6.37. The molecule has 134 valence electrons. The number of carbonyl (C=O) groups is 1. The summed E-state index contributed by atoms with van der Waals surface area (Å²) in [5.41, 5.74) is 3.07. The number of aromatic amines is 1. The molecule has 1 fully saturated rings. The minimum atomic E-state index is -0.154. The summed E-state index contributed by atoms with van der Waals surface area (Å²) in [6.45, 7) is 6.29. The van der Waals surface area contributed by atoms with Gasteiger partial charge in [0.25, 0.3) is 5.91 Å². The van der Waals surface area contributed by atoms with Crippen molar-refractivity contribution in [3.8, 4) is 0 Å². The molecule has 3 heterocycles. The van der Waals surface area contributed by atoms with Crippen molar-refractivity contribution in [2.24, 2.45) is 0 Å². The fraction of sp³-hybridized carbons (Fsp3) is 0.529. The highest BCUT2D eigenvalue weighted by molar-refractivity contribution is 5.93. The highest BCUT2D eigenvalue weighted by atomic mass is 16.5.